The predicted molar refractivity (Wildman–Crippen MR) is 50.3 cm³/mol. The standard InChI is InChI=1S/C10H8FN3O/c11-7-2-1-3-14-9(7)10(15)8-6-12-4-5-13-8/h1-6,10,15H. The molecule has 0 aliphatic carbocycles. The first-order valence-electron chi connectivity index (χ1n) is 4.33. The zero-order valence-corrected chi connectivity index (χ0v) is 7.71. The zero-order valence-electron chi connectivity index (χ0n) is 7.71. The van der Waals surface area contributed by atoms with E-state index in [1.807, 2.05) is 0 Å². The summed E-state index contributed by atoms with van der Waals surface area (Å²) in [4.78, 5) is 11.4. The molecule has 76 valence electrons. The zero-order chi connectivity index (χ0) is 10.7. The summed E-state index contributed by atoms with van der Waals surface area (Å²) < 4.78 is 13.3. The minimum absolute atomic E-state index is 0.0435. The minimum atomic E-state index is -1.18. The lowest BCUT2D eigenvalue weighted by Gasteiger charge is -2.08. The molecule has 1 unspecified atom stereocenters. The molecular weight excluding hydrogens is 197 g/mol. The smallest absolute Gasteiger partial charge is 0.147 e. The van der Waals surface area contributed by atoms with Gasteiger partial charge in [0.05, 0.1) is 11.9 Å². The predicted octanol–water partition coefficient (Wildman–Crippen LogP) is 1.09. The average Bonchev–Trinajstić information content (AvgIpc) is 2.30. The molecule has 0 amide bonds. The molecule has 5 heteroatoms. The van der Waals surface area contributed by atoms with Crippen molar-refractivity contribution < 1.29 is 9.50 Å². The van der Waals surface area contributed by atoms with E-state index >= 15 is 0 Å². The highest BCUT2D eigenvalue weighted by Crippen LogP contribution is 2.19. The van der Waals surface area contributed by atoms with Crippen LogP contribution in [0.25, 0.3) is 0 Å². The molecule has 0 aromatic carbocycles. The second-order valence-electron chi connectivity index (χ2n) is 2.90. The van der Waals surface area contributed by atoms with Gasteiger partial charge in [0.25, 0.3) is 0 Å². The number of hydrogen-bond acceptors (Lipinski definition) is 4. The van der Waals surface area contributed by atoms with Gasteiger partial charge >= 0.3 is 0 Å². The topological polar surface area (TPSA) is 58.9 Å². The fourth-order valence-electron chi connectivity index (χ4n) is 1.19. The highest BCUT2D eigenvalue weighted by atomic mass is 19.1. The van der Waals surface area contributed by atoms with Gasteiger partial charge in [-0.2, -0.15) is 0 Å². The third kappa shape index (κ3) is 1.97. The number of aliphatic hydroxyl groups excluding tert-OH is 1. The lowest BCUT2D eigenvalue weighted by molar-refractivity contribution is 0.204. The minimum Gasteiger partial charge on any atom is -0.380 e. The number of halogens is 1. The second kappa shape index (κ2) is 4.10. The van der Waals surface area contributed by atoms with Gasteiger partial charge in [0.1, 0.15) is 17.6 Å². The van der Waals surface area contributed by atoms with Crippen molar-refractivity contribution in [2.45, 2.75) is 6.10 Å². The van der Waals surface area contributed by atoms with E-state index in [-0.39, 0.29) is 11.4 Å². The van der Waals surface area contributed by atoms with Gasteiger partial charge in [-0.1, -0.05) is 0 Å². The summed E-state index contributed by atoms with van der Waals surface area (Å²) in [6, 6.07) is 2.70. The molecule has 0 fully saturated rings. The molecule has 15 heavy (non-hydrogen) atoms. The van der Waals surface area contributed by atoms with Gasteiger partial charge in [-0.05, 0) is 12.1 Å². The molecule has 0 aliphatic rings. The third-order valence-corrected chi connectivity index (χ3v) is 1.91. The van der Waals surface area contributed by atoms with Gasteiger partial charge in [-0.3, -0.25) is 15.0 Å². The van der Waals surface area contributed by atoms with Crippen LogP contribution in [-0.4, -0.2) is 20.1 Å². The number of aromatic nitrogens is 3. The van der Waals surface area contributed by atoms with Crippen LogP contribution in [0.2, 0.25) is 0 Å². The van der Waals surface area contributed by atoms with E-state index in [1.54, 1.807) is 0 Å². The largest absolute Gasteiger partial charge is 0.380 e. The van der Waals surface area contributed by atoms with Crippen LogP contribution >= 0.6 is 0 Å². The Kier molecular flexibility index (Phi) is 2.64. The van der Waals surface area contributed by atoms with E-state index in [0.29, 0.717) is 0 Å². The monoisotopic (exact) mass is 205 g/mol. The van der Waals surface area contributed by atoms with Crippen LogP contribution in [0.4, 0.5) is 4.39 Å². The van der Waals surface area contributed by atoms with Crippen LogP contribution in [0, 0.1) is 5.82 Å². The Balaban J connectivity index is 2.37. The molecule has 0 aliphatic heterocycles. The van der Waals surface area contributed by atoms with Gasteiger partial charge in [-0.25, -0.2) is 4.39 Å². The van der Waals surface area contributed by atoms with Crippen molar-refractivity contribution >= 4 is 0 Å². The first kappa shape index (κ1) is 9.67. The van der Waals surface area contributed by atoms with Crippen molar-refractivity contribution in [1.82, 2.24) is 15.0 Å². The van der Waals surface area contributed by atoms with Crippen LogP contribution < -0.4 is 0 Å². The Morgan fingerprint density at radius 2 is 2.07 bits per heavy atom. The van der Waals surface area contributed by atoms with Crippen molar-refractivity contribution in [3.05, 3.63) is 54.1 Å². The Hall–Kier alpha value is -1.88. The summed E-state index contributed by atoms with van der Waals surface area (Å²) >= 11 is 0. The SMILES string of the molecule is OC(c1cnccn1)c1ncccc1F. The summed E-state index contributed by atoms with van der Waals surface area (Å²) in [6.45, 7) is 0. The Morgan fingerprint density at radius 1 is 1.20 bits per heavy atom. The molecule has 0 radical (unpaired) electrons. The highest BCUT2D eigenvalue weighted by molar-refractivity contribution is 5.18. The molecule has 0 saturated heterocycles. The summed E-state index contributed by atoms with van der Waals surface area (Å²) in [5.74, 6) is -0.560. The Bertz CT molecular complexity index is 449. The van der Waals surface area contributed by atoms with Crippen molar-refractivity contribution in [2.75, 3.05) is 0 Å². The van der Waals surface area contributed by atoms with Gasteiger partial charge in [0.2, 0.25) is 0 Å². The van der Waals surface area contributed by atoms with Crippen molar-refractivity contribution in [2.24, 2.45) is 0 Å². The lowest BCUT2D eigenvalue weighted by atomic mass is 10.1. The van der Waals surface area contributed by atoms with Crippen LogP contribution in [0.1, 0.15) is 17.5 Å². The van der Waals surface area contributed by atoms with Crippen LogP contribution in [-0.2, 0) is 0 Å². The second-order valence-corrected chi connectivity index (χ2v) is 2.90. The maximum Gasteiger partial charge on any atom is 0.147 e. The van der Waals surface area contributed by atoms with Gasteiger partial charge in [0.15, 0.2) is 0 Å². The molecular formula is C10H8FN3O. The quantitative estimate of drug-likeness (QED) is 0.797. The fraction of sp³-hybridized carbons (Fsp3) is 0.100. The molecule has 2 aromatic heterocycles. The summed E-state index contributed by atoms with van der Waals surface area (Å²) in [5, 5.41) is 9.77. The van der Waals surface area contributed by atoms with Crippen LogP contribution in [0.3, 0.4) is 0 Å². The number of rotatable bonds is 2. The maximum absolute atomic E-state index is 13.3. The number of aliphatic hydroxyl groups is 1. The van der Waals surface area contributed by atoms with Crippen molar-refractivity contribution in [3.63, 3.8) is 0 Å². The van der Waals surface area contributed by atoms with Gasteiger partial charge in [0, 0.05) is 18.6 Å². The van der Waals surface area contributed by atoms with Crippen LogP contribution in [0.5, 0.6) is 0 Å². The molecule has 2 heterocycles. The van der Waals surface area contributed by atoms with Gasteiger partial charge in [-0.15, -0.1) is 0 Å². The van der Waals surface area contributed by atoms with E-state index in [0.717, 1.165) is 0 Å². The molecule has 2 rings (SSSR count). The first-order valence-corrected chi connectivity index (χ1v) is 4.33. The Labute approximate surface area is 85.5 Å². The summed E-state index contributed by atoms with van der Waals surface area (Å²) in [5.41, 5.74) is 0.230. The van der Waals surface area contributed by atoms with Crippen LogP contribution in [0.15, 0.2) is 36.9 Å². The van der Waals surface area contributed by atoms with Crippen molar-refractivity contribution in [3.8, 4) is 0 Å². The summed E-state index contributed by atoms with van der Waals surface area (Å²) in [6.07, 6.45) is 4.51. The number of nitrogens with zero attached hydrogens (tertiary/aromatic N) is 3. The lowest BCUT2D eigenvalue weighted by Crippen LogP contribution is -2.07. The molecule has 1 N–H and O–H groups in total. The van der Waals surface area contributed by atoms with Gasteiger partial charge < -0.3 is 5.11 Å². The van der Waals surface area contributed by atoms with Crippen molar-refractivity contribution in [1.29, 1.82) is 0 Å². The highest BCUT2D eigenvalue weighted by Gasteiger charge is 2.17. The molecule has 4 nitrogen and oxygen atoms in total. The molecule has 0 spiro atoms. The maximum atomic E-state index is 13.3. The normalized spacial score (nSPS) is 12.4. The number of pyridine rings is 1. The summed E-state index contributed by atoms with van der Waals surface area (Å²) in [7, 11) is 0. The Morgan fingerprint density at radius 3 is 2.73 bits per heavy atom. The molecule has 2 aromatic rings. The first-order chi connectivity index (χ1) is 7.29. The molecule has 0 bridgehead atoms. The fourth-order valence-corrected chi connectivity index (χ4v) is 1.19. The molecule has 0 saturated carbocycles. The van der Waals surface area contributed by atoms with E-state index < -0.39 is 11.9 Å². The number of hydrogen-bond donors (Lipinski definition) is 1. The third-order valence-electron chi connectivity index (χ3n) is 1.91. The average molecular weight is 205 g/mol. The van der Waals surface area contributed by atoms with E-state index in [9.17, 15) is 9.50 Å². The molecule has 1 atom stereocenters. The van der Waals surface area contributed by atoms with E-state index in [2.05, 4.69) is 15.0 Å². The van der Waals surface area contributed by atoms with E-state index in [1.165, 1.54) is 36.9 Å². The van der Waals surface area contributed by atoms with E-state index in [4.69, 9.17) is 0 Å².